The normalized spacial score (nSPS) is 20.8. The first-order valence-corrected chi connectivity index (χ1v) is 10.5. The van der Waals surface area contributed by atoms with Crippen LogP contribution in [-0.4, -0.2) is 48.3 Å². The Bertz CT molecular complexity index is 765. The van der Waals surface area contributed by atoms with E-state index in [1.165, 1.54) is 30.3 Å². The Labute approximate surface area is 166 Å². The summed E-state index contributed by atoms with van der Waals surface area (Å²) < 4.78 is 5.62. The predicted molar refractivity (Wildman–Crippen MR) is 115 cm³/mol. The van der Waals surface area contributed by atoms with Crippen LogP contribution in [-0.2, 0) is 4.79 Å². The van der Waals surface area contributed by atoms with Gasteiger partial charge >= 0.3 is 0 Å². The van der Waals surface area contributed by atoms with Crippen molar-refractivity contribution < 1.29 is 9.53 Å². The van der Waals surface area contributed by atoms with Gasteiger partial charge in [0, 0.05) is 42.5 Å². The van der Waals surface area contributed by atoms with Gasteiger partial charge in [-0.1, -0.05) is 0 Å². The van der Waals surface area contributed by atoms with Crippen molar-refractivity contribution in [2.45, 2.75) is 52.6 Å². The van der Waals surface area contributed by atoms with Gasteiger partial charge in [-0.05, 0) is 70.5 Å². The number of thioether (sulfide) groups is 1. The third kappa shape index (κ3) is 4.32. The van der Waals surface area contributed by atoms with Crippen LogP contribution in [0.3, 0.4) is 0 Å². The van der Waals surface area contributed by atoms with E-state index in [2.05, 4.69) is 22.0 Å². The minimum atomic E-state index is 0.0140. The van der Waals surface area contributed by atoms with Gasteiger partial charge in [0.1, 0.15) is 5.75 Å². The van der Waals surface area contributed by atoms with Gasteiger partial charge in [0.15, 0.2) is 5.17 Å². The first-order valence-electron chi connectivity index (χ1n) is 9.64. The van der Waals surface area contributed by atoms with E-state index < -0.39 is 0 Å². The molecule has 27 heavy (non-hydrogen) atoms. The van der Waals surface area contributed by atoms with Crippen molar-refractivity contribution in [3.05, 3.63) is 28.7 Å². The maximum Gasteiger partial charge on any atom is 0.266 e. The topological polar surface area (TPSA) is 45.1 Å². The summed E-state index contributed by atoms with van der Waals surface area (Å²) in [4.78, 5) is 22.4. The van der Waals surface area contributed by atoms with Crippen LogP contribution < -0.4 is 9.64 Å². The van der Waals surface area contributed by atoms with E-state index in [1.54, 1.807) is 12.0 Å². The fourth-order valence-corrected chi connectivity index (χ4v) is 4.61. The summed E-state index contributed by atoms with van der Waals surface area (Å²) in [5.74, 6) is 0.811. The van der Waals surface area contributed by atoms with Gasteiger partial charge in [0.25, 0.3) is 5.91 Å². The van der Waals surface area contributed by atoms with Gasteiger partial charge in [-0.3, -0.25) is 14.7 Å². The highest BCUT2D eigenvalue weighted by molar-refractivity contribution is 8.18. The predicted octanol–water partition coefficient (Wildman–Crippen LogP) is 4.38. The van der Waals surface area contributed by atoms with Crippen molar-refractivity contribution in [2.24, 2.45) is 4.99 Å². The molecule has 2 aliphatic heterocycles. The number of carbonyl (C=O) groups is 1. The van der Waals surface area contributed by atoms with Gasteiger partial charge in [-0.2, -0.15) is 0 Å². The molecule has 2 fully saturated rings. The average Bonchev–Trinajstić information content (AvgIpc) is 3.24. The summed E-state index contributed by atoms with van der Waals surface area (Å²) in [5.41, 5.74) is 2.11. The molecule has 1 aromatic carbocycles. The summed E-state index contributed by atoms with van der Waals surface area (Å²) in [7, 11) is 1.68. The van der Waals surface area contributed by atoms with E-state index in [-0.39, 0.29) is 18.0 Å². The molecule has 0 aromatic heterocycles. The second kappa shape index (κ2) is 8.38. The van der Waals surface area contributed by atoms with Crippen LogP contribution in [0.1, 0.15) is 46.1 Å². The largest absolute Gasteiger partial charge is 0.496 e. The molecule has 1 amide bonds. The number of hydrogen-bond donors (Lipinski definition) is 0. The van der Waals surface area contributed by atoms with Gasteiger partial charge < -0.3 is 9.64 Å². The maximum absolute atomic E-state index is 12.9. The Kier molecular flexibility index (Phi) is 6.15. The molecule has 0 aliphatic carbocycles. The first-order chi connectivity index (χ1) is 12.9. The van der Waals surface area contributed by atoms with Gasteiger partial charge in [0.2, 0.25) is 0 Å². The second-order valence-electron chi connectivity index (χ2n) is 7.51. The molecule has 0 atom stereocenters. The lowest BCUT2D eigenvalue weighted by molar-refractivity contribution is -0.123. The van der Waals surface area contributed by atoms with E-state index in [0.29, 0.717) is 4.91 Å². The molecule has 146 valence electrons. The molecule has 2 heterocycles. The molecule has 1 aromatic rings. The maximum atomic E-state index is 12.9. The smallest absolute Gasteiger partial charge is 0.266 e. The highest BCUT2D eigenvalue weighted by Crippen LogP contribution is 2.36. The van der Waals surface area contributed by atoms with Crippen LogP contribution in [0.5, 0.6) is 5.75 Å². The van der Waals surface area contributed by atoms with Crippen LogP contribution in [0.4, 0.5) is 5.69 Å². The third-order valence-corrected chi connectivity index (χ3v) is 5.69. The van der Waals surface area contributed by atoms with Gasteiger partial charge in [-0.15, -0.1) is 0 Å². The number of anilines is 1. The van der Waals surface area contributed by atoms with Crippen molar-refractivity contribution in [3.63, 3.8) is 0 Å². The molecular weight excluding hydrogens is 358 g/mol. The molecule has 6 heteroatoms. The summed E-state index contributed by atoms with van der Waals surface area (Å²) in [6.45, 7) is 10.3. The monoisotopic (exact) mass is 387 g/mol. The highest BCUT2D eigenvalue weighted by atomic mass is 32.2. The SMILES string of the molecule is COc1cc(N2CCCC2)ccc1/C=C1/SC(=NC(C)C)N(C(C)C)C1=O. The van der Waals surface area contributed by atoms with Crippen LogP contribution >= 0.6 is 11.8 Å². The Morgan fingerprint density at radius 3 is 2.48 bits per heavy atom. The fraction of sp³-hybridized carbons (Fsp3) is 0.524. The standard InChI is InChI=1S/C21H29N3O2S/c1-14(2)22-21-24(15(3)4)20(25)19(27-21)12-16-8-9-17(13-18(16)26-5)23-10-6-7-11-23/h8-9,12-15H,6-7,10-11H2,1-5H3/b19-12+,22-21?. The van der Waals surface area contributed by atoms with Gasteiger partial charge in [-0.25, -0.2) is 0 Å². The molecule has 2 aliphatic rings. The number of ether oxygens (including phenoxy) is 1. The zero-order valence-electron chi connectivity index (χ0n) is 16.9. The summed E-state index contributed by atoms with van der Waals surface area (Å²) in [6, 6.07) is 6.46. The van der Waals surface area contributed by atoms with Crippen molar-refractivity contribution in [1.29, 1.82) is 0 Å². The molecule has 0 unspecified atom stereocenters. The lowest BCUT2D eigenvalue weighted by Crippen LogP contribution is -2.35. The molecule has 0 bridgehead atoms. The zero-order chi connectivity index (χ0) is 19.6. The zero-order valence-corrected chi connectivity index (χ0v) is 17.7. The summed E-state index contributed by atoms with van der Waals surface area (Å²) >= 11 is 1.45. The van der Waals surface area contributed by atoms with Gasteiger partial charge in [0.05, 0.1) is 12.0 Å². The van der Waals surface area contributed by atoms with E-state index in [0.717, 1.165) is 29.6 Å². The Morgan fingerprint density at radius 2 is 1.89 bits per heavy atom. The molecule has 0 radical (unpaired) electrons. The molecular formula is C21H29N3O2S. The lowest BCUT2D eigenvalue weighted by Gasteiger charge is -2.20. The molecule has 0 N–H and O–H groups in total. The minimum absolute atomic E-state index is 0.0140. The number of nitrogens with zero attached hydrogens (tertiary/aromatic N) is 3. The van der Waals surface area contributed by atoms with E-state index in [4.69, 9.17) is 4.74 Å². The number of methoxy groups -OCH3 is 1. The molecule has 0 spiro atoms. The quantitative estimate of drug-likeness (QED) is 0.703. The van der Waals surface area contributed by atoms with Crippen LogP contribution in [0.15, 0.2) is 28.1 Å². The number of hydrogen-bond acceptors (Lipinski definition) is 5. The number of amidine groups is 1. The third-order valence-electron chi connectivity index (χ3n) is 4.70. The molecule has 0 saturated carbocycles. The first kappa shape index (κ1) is 19.8. The summed E-state index contributed by atoms with van der Waals surface area (Å²) in [6.07, 6.45) is 4.41. The van der Waals surface area contributed by atoms with E-state index >= 15 is 0 Å². The van der Waals surface area contributed by atoms with Crippen molar-refractivity contribution in [1.82, 2.24) is 4.90 Å². The van der Waals surface area contributed by atoms with Crippen molar-refractivity contribution in [2.75, 3.05) is 25.1 Å². The molecule has 3 rings (SSSR count). The molecule has 2 saturated heterocycles. The second-order valence-corrected chi connectivity index (χ2v) is 8.51. The minimum Gasteiger partial charge on any atom is -0.496 e. The number of aliphatic imine (C=N–C) groups is 1. The van der Waals surface area contributed by atoms with Crippen LogP contribution in [0, 0.1) is 0 Å². The van der Waals surface area contributed by atoms with E-state index in [9.17, 15) is 4.79 Å². The molecule has 5 nitrogen and oxygen atoms in total. The number of amides is 1. The number of benzene rings is 1. The fourth-order valence-electron chi connectivity index (χ4n) is 3.39. The Morgan fingerprint density at radius 1 is 1.19 bits per heavy atom. The summed E-state index contributed by atoms with van der Waals surface area (Å²) in [5, 5.41) is 0.781. The Hall–Kier alpha value is -1.95. The van der Waals surface area contributed by atoms with Crippen LogP contribution in [0.2, 0.25) is 0 Å². The lowest BCUT2D eigenvalue weighted by atomic mass is 10.1. The number of rotatable bonds is 5. The van der Waals surface area contributed by atoms with Crippen molar-refractivity contribution in [3.8, 4) is 5.75 Å². The number of carbonyl (C=O) groups excluding carboxylic acids is 1. The Balaban J connectivity index is 1.92. The van der Waals surface area contributed by atoms with Crippen LogP contribution in [0.25, 0.3) is 6.08 Å². The average molecular weight is 388 g/mol. The highest BCUT2D eigenvalue weighted by Gasteiger charge is 2.35. The van der Waals surface area contributed by atoms with E-state index in [1.807, 2.05) is 39.8 Å². The van der Waals surface area contributed by atoms with Crippen molar-refractivity contribution >= 4 is 34.6 Å².